The number of para-hydroxylation sites is 1. The number of nitrogens with one attached hydrogen (secondary N) is 1. The van der Waals surface area contributed by atoms with Gasteiger partial charge in [-0.1, -0.05) is 53.7 Å². The molecule has 0 aliphatic heterocycles. The molecule has 6 nitrogen and oxygen atoms in total. The van der Waals surface area contributed by atoms with Gasteiger partial charge in [0, 0.05) is 18.5 Å². The molecule has 6 heteroatoms. The lowest BCUT2D eigenvalue weighted by Gasteiger charge is -2.08. The van der Waals surface area contributed by atoms with Crippen LogP contribution in [0.25, 0.3) is 11.4 Å². The topological polar surface area (TPSA) is 77.2 Å². The molecule has 2 aromatic carbocycles. The molecule has 1 N–H and O–H groups in total. The first-order valence-corrected chi connectivity index (χ1v) is 8.05. The summed E-state index contributed by atoms with van der Waals surface area (Å²) in [5.41, 5.74) is 1.89. The van der Waals surface area contributed by atoms with Crippen molar-refractivity contribution >= 4 is 5.91 Å². The van der Waals surface area contributed by atoms with Crippen molar-refractivity contribution in [3.8, 4) is 17.1 Å². The van der Waals surface area contributed by atoms with Crippen LogP contribution in [0.4, 0.5) is 0 Å². The quantitative estimate of drug-likeness (QED) is 0.717. The van der Waals surface area contributed by atoms with Crippen LogP contribution in [-0.2, 0) is 11.2 Å². The second-order valence-electron chi connectivity index (χ2n) is 5.53. The maximum atomic E-state index is 11.8. The van der Waals surface area contributed by atoms with Crippen molar-refractivity contribution in [2.24, 2.45) is 0 Å². The number of ether oxygens (including phenoxy) is 1. The van der Waals surface area contributed by atoms with Crippen LogP contribution in [0, 0.1) is 6.92 Å². The predicted octanol–water partition coefficient (Wildman–Crippen LogP) is 2.78. The molecule has 3 aromatic rings. The highest BCUT2D eigenvalue weighted by Crippen LogP contribution is 2.16. The lowest BCUT2D eigenvalue weighted by Crippen LogP contribution is -2.30. The molecule has 1 heterocycles. The van der Waals surface area contributed by atoms with Gasteiger partial charge in [0.05, 0.1) is 0 Å². The molecule has 0 aliphatic carbocycles. The van der Waals surface area contributed by atoms with Gasteiger partial charge in [0.1, 0.15) is 5.75 Å². The highest BCUT2D eigenvalue weighted by molar-refractivity contribution is 5.77. The maximum absolute atomic E-state index is 11.8. The van der Waals surface area contributed by atoms with Gasteiger partial charge in [0.2, 0.25) is 11.7 Å². The second kappa shape index (κ2) is 8.10. The molecule has 0 unspecified atom stereocenters. The van der Waals surface area contributed by atoms with Crippen LogP contribution in [0.5, 0.6) is 5.75 Å². The van der Waals surface area contributed by atoms with E-state index in [-0.39, 0.29) is 12.5 Å². The van der Waals surface area contributed by atoms with Gasteiger partial charge >= 0.3 is 0 Å². The number of carbonyl (C=O) groups excluding carboxylic acids is 1. The van der Waals surface area contributed by atoms with Crippen molar-refractivity contribution in [2.75, 3.05) is 13.2 Å². The van der Waals surface area contributed by atoms with Crippen molar-refractivity contribution in [3.05, 3.63) is 66.1 Å². The Kier molecular flexibility index (Phi) is 5.41. The number of amides is 1. The fourth-order valence-corrected chi connectivity index (χ4v) is 2.28. The van der Waals surface area contributed by atoms with E-state index in [1.165, 1.54) is 0 Å². The van der Waals surface area contributed by atoms with E-state index >= 15 is 0 Å². The zero-order valence-electron chi connectivity index (χ0n) is 13.9. The molecular formula is C19H19N3O3. The van der Waals surface area contributed by atoms with Gasteiger partial charge in [-0.15, -0.1) is 0 Å². The average Bonchev–Trinajstić information content (AvgIpc) is 3.11. The summed E-state index contributed by atoms with van der Waals surface area (Å²) in [5, 5.41) is 6.72. The fraction of sp³-hybridized carbons (Fsp3) is 0.211. The zero-order valence-corrected chi connectivity index (χ0v) is 13.9. The molecule has 25 heavy (non-hydrogen) atoms. The first kappa shape index (κ1) is 16.7. The summed E-state index contributed by atoms with van der Waals surface area (Å²) in [7, 11) is 0. The zero-order chi connectivity index (χ0) is 17.5. The first-order valence-electron chi connectivity index (χ1n) is 8.05. The smallest absolute Gasteiger partial charge is 0.257 e. The number of benzene rings is 2. The Morgan fingerprint density at radius 2 is 1.88 bits per heavy atom. The van der Waals surface area contributed by atoms with Crippen molar-refractivity contribution in [3.63, 3.8) is 0 Å². The number of hydrogen-bond acceptors (Lipinski definition) is 5. The van der Waals surface area contributed by atoms with Crippen LogP contribution in [0.2, 0.25) is 0 Å². The third kappa shape index (κ3) is 4.67. The van der Waals surface area contributed by atoms with Gasteiger partial charge in [0.15, 0.2) is 6.61 Å². The Morgan fingerprint density at radius 3 is 2.68 bits per heavy atom. The predicted molar refractivity (Wildman–Crippen MR) is 93.1 cm³/mol. The lowest BCUT2D eigenvalue weighted by molar-refractivity contribution is -0.123. The van der Waals surface area contributed by atoms with Crippen LogP contribution in [0.15, 0.2) is 59.1 Å². The van der Waals surface area contributed by atoms with Crippen molar-refractivity contribution in [1.29, 1.82) is 0 Å². The van der Waals surface area contributed by atoms with Crippen LogP contribution >= 0.6 is 0 Å². The Balaban J connectivity index is 1.43. The minimum absolute atomic E-state index is 0.0239. The fourth-order valence-electron chi connectivity index (χ4n) is 2.28. The molecule has 0 saturated carbocycles. The van der Waals surface area contributed by atoms with E-state index in [0.717, 1.165) is 11.1 Å². The number of aromatic nitrogens is 2. The van der Waals surface area contributed by atoms with Crippen LogP contribution < -0.4 is 10.1 Å². The summed E-state index contributed by atoms with van der Waals surface area (Å²) in [6.07, 6.45) is 0.468. The second-order valence-corrected chi connectivity index (χ2v) is 5.53. The standard InChI is InChI=1S/C19H19N3O3/c1-14-7-5-6-10-16(14)24-13-17(23)20-12-11-18-21-19(22-25-18)15-8-3-2-4-9-15/h2-10H,11-13H2,1H3,(H,20,23). The van der Waals surface area contributed by atoms with E-state index in [2.05, 4.69) is 15.5 Å². The summed E-state index contributed by atoms with van der Waals surface area (Å²) in [4.78, 5) is 16.2. The minimum atomic E-state index is -0.189. The third-order valence-corrected chi connectivity index (χ3v) is 3.61. The molecular weight excluding hydrogens is 318 g/mol. The number of aryl methyl sites for hydroxylation is 1. The Hall–Kier alpha value is -3.15. The van der Waals surface area contributed by atoms with Crippen molar-refractivity contribution in [2.45, 2.75) is 13.3 Å². The van der Waals surface area contributed by atoms with Gasteiger partial charge in [-0.2, -0.15) is 4.98 Å². The van der Waals surface area contributed by atoms with Crippen LogP contribution in [-0.4, -0.2) is 29.2 Å². The molecule has 0 saturated heterocycles. The highest BCUT2D eigenvalue weighted by Gasteiger charge is 2.09. The Morgan fingerprint density at radius 1 is 1.12 bits per heavy atom. The van der Waals surface area contributed by atoms with E-state index in [9.17, 15) is 4.79 Å². The molecule has 0 bridgehead atoms. The number of nitrogens with zero attached hydrogens (tertiary/aromatic N) is 2. The number of rotatable bonds is 7. The molecule has 0 aliphatic rings. The van der Waals surface area contributed by atoms with Gasteiger partial charge in [-0.3, -0.25) is 4.79 Å². The normalized spacial score (nSPS) is 10.4. The molecule has 128 valence electrons. The summed E-state index contributed by atoms with van der Waals surface area (Å²) in [5.74, 6) is 1.55. The molecule has 0 atom stereocenters. The van der Waals surface area contributed by atoms with E-state index in [1.54, 1.807) is 0 Å². The van der Waals surface area contributed by atoms with Crippen LogP contribution in [0.3, 0.4) is 0 Å². The number of carbonyl (C=O) groups is 1. The first-order chi connectivity index (χ1) is 12.2. The SMILES string of the molecule is Cc1ccccc1OCC(=O)NCCc1nc(-c2ccccc2)no1. The maximum Gasteiger partial charge on any atom is 0.257 e. The molecule has 0 fully saturated rings. The minimum Gasteiger partial charge on any atom is -0.484 e. The summed E-state index contributed by atoms with van der Waals surface area (Å²) >= 11 is 0. The molecule has 0 radical (unpaired) electrons. The van der Waals surface area contributed by atoms with Gasteiger partial charge < -0.3 is 14.6 Å². The van der Waals surface area contributed by atoms with E-state index in [1.807, 2.05) is 61.5 Å². The average molecular weight is 337 g/mol. The highest BCUT2D eigenvalue weighted by atomic mass is 16.5. The van der Waals surface area contributed by atoms with Gasteiger partial charge in [-0.25, -0.2) is 0 Å². The molecule has 0 spiro atoms. The van der Waals surface area contributed by atoms with Crippen molar-refractivity contribution in [1.82, 2.24) is 15.5 Å². The monoisotopic (exact) mass is 337 g/mol. The number of hydrogen-bond donors (Lipinski definition) is 1. The van der Waals surface area contributed by atoms with Gasteiger partial charge in [0.25, 0.3) is 5.91 Å². The summed E-state index contributed by atoms with van der Waals surface area (Å²) in [6, 6.07) is 17.2. The van der Waals surface area contributed by atoms with Crippen molar-refractivity contribution < 1.29 is 14.1 Å². The van der Waals surface area contributed by atoms with E-state index in [0.29, 0.717) is 30.4 Å². The molecule has 3 rings (SSSR count). The lowest BCUT2D eigenvalue weighted by atomic mass is 10.2. The van der Waals surface area contributed by atoms with Crippen LogP contribution in [0.1, 0.15) is 11.5 Å². The third-order valence-electron chi connectivity index (χ3n) is 3.61. The molecule has 1 aromatic heterocycles. The van der Waals surface area contributed by atoms with E-state index < -0.39 is 0 Å². The summed E-state index contributed by atoms with van der Waals surface area (Å²) in [6.45, 7) is 2.32. The Labute approximate surface area is 145 Å². The largest absolute Gasteiger partial charge is 0.484 e. The van der Waals surface area contributed by atoms with Gasteiger partial charge in [-0.05, 0) is 18.6 Å². The Bertz CT molecular complexity index is 831. The van der Waals surface area contributed by atoms with E-state index in [4.69, 9.17) is 9.26 Å². The molecule has 1 amide bonds. The summed E-state index contributed by atoms with van der Waals surface area (Å²) < 4.78 is 10.7.